The van der Waals surface area contributed by atoms with Crippen molar-refractivity contribution in [2.24, 2.45) is 0 Å². The third-order valence-corrected chi connectivity index (χ3v) is 4.32. The Labute approximate surface area is 184 Å². The first-order valence-electron chi connectivity index (χ1n) is 9.51. The van der Waals surface area contributed by atoms with Crippen LogP contribution in [0.3, 0.4) is 0 Å². The maximum atomic E-state index is 12.2. The van der Waals surface area contributed by atoms with E-state index in [1.54, 1.807) is 49.4 Å². The summed E-state index contributed by atoms with van der Waals surface area (Å²) in [5, 5.41) is 16.2. The molecule has 0 fully saturated rings. The Balaban J connectivity index is 1.46. The summed E-state index contributed by atoms with van der Waals surface area (Å²) in [5.74, 6) is 1.70. The molecule has 0 saturated carbocycles. The van der Waals surface area contributed by atoms with Crippen molar-refractivity contribution in [1.29, 1.82) is 5.26 Å². The van der Waals surface area contributed by atoms with E-state index < -0.39 is 5.91 Å². The zero-order valence-corrected chi connectivity index (χ0v) is 17.6. The summed E-state index contributed by atoms with van der Waals surface area (Å²) >= 11 is 5.84. The second kappa shape index (κ2) is 10.9. The topological polar surface area (TPSA) is 97.4 Å². The minimum absolute atomic E-state index is 0.0475. The molecule has 1 amide bonds. The molecule has 0 saturated heterocycles. The average Bonchev–Trinajstić information content (AvgIpc) is 3.18. The van der Waals surface area contributed by atoms with Crippen LogP contribution in [0, 0.1) is 18.3 Å². The molecule has 0 aliphatic carbocycles. The van der Waals surface area contributed by atoms with Crippen LogP contribution in [0.2, 0.25) is 5.02 Å². The van der Waals surface area contributed by atoms with Crippen molar-refractivity contribution in [2.75, 3.05) is 18.5 Å². The predicted molar refractivity (Wildman–Crippen MR) is 117 cm³/mol. The van der Waals surface area contributed by atoms with Crippen molar-refractivity contribution in [2.45, 2.75) is 13.3 Å². The van der Waals surface area contributed by atoms with Crippen LogP contribution < -0.4 is 14.8 Å². The van der Waals surface area contributed by atoms with Crippen molar-refractivity contribution < 1.29 is 18.8 Å². The molecule has 0 bridgehead atoms. The summed E-state index contributed by atoms with van der Waals surface area (Å²) in [6, 6.07) is 17.7. The molecule has 0 spiro atoms. The quantitative estimate of drug-likeness (QED) is 0.286. The third kappa shape index (κ3) is 6.91. The van der Waals surface area contributed by atoms with Crippen molar-refractivity contribution in [3.8, 4) is 17.6 Å². The van der Waals surface area contributed by atoms with Crippen LogP contribution in [0.5, 0.6) is 11.5 Å². The monoisotopic (exact) mass is 437 g/mol. The Morgan fingerprint density at radius 1 is 1.13 bits per heavy atom. The highest BCUT2D eigenvalue weighted by molar-refractivity contribution is 6.30. The van der Waals surface area contributed by atoms with Crippen molar-refractivity contribution in [3.63, 3.8) is 0 Å². The van der Waals surface area contributed by atoms with Gasteiger partial charge in [-0.2, -0.15) is 5.26 Å². The van der Waals surface area contributed by atoms with Gasteiger partial charge >= 0.3 is 0 Å². The molecule has 0 aliphatic heterocycles. The number of carbonyl (C=O) groups is 1. The highest BCUT2D eigenvalue weighted by Gasteiger charge is 2.11. The molecule has 8 heteroatoms. The van der Waals surface area contributed by atoms with E-state index in [2.05, 4.69) is 10.5 Å². The van der Waals surface area contributed by atoms with Crippen molar-refractivity contribution >= 4 is 29.4 Å². The van der Waals surface area contributed by atoms with E-state index in [1.165, 1.54) is 6.08 Å². The van der Waals surface area contributed by atoms with Crippen LogP contribution >= 0.6 is 11.6 Å². The van der Waals surface area contributed by atoms with Crippen molar-refractivity contribution in [3.05, 3.63) is 76.5 Å². The fraction of sp³-hybridized carbons (Fsp3) is 0.174. The van der Waals surface area contributed by atoms with Gasteiger partial charge in [-0.25, -0.2) is 0 Å². The van der Waals surface area contributed by atoms with Crippen LogP contribution in [0.1, 0.15) is 17.7 Å². The number of anilines is 1. The first-order valence-corrected chi connectivity index (χ1v) is 9.89. The largest absolute Gasteiger partial charge is 0.493 e. The SMILES string of the molecule is Cc1cc(NC(=O)/C(C#N)=C\c2ccc(OCCCOc3ccc(Cl)cc3)cc2)no1. The highest BCUT2D eigenvalue weighted by Crippen LogP contribution is 2.17. The number of rotatable bonds is 9. The van der Waals surface area contributed by atoms with E-state index in [0.29, 0.717) is 41.7 Å². The van der Waals surface area contributed by atoms with Gasteiger partial charge < -0.3 is 19.3 Å². The summed E-state index contributed by atoms with van der Waals surface area (Å²) in [7, 11) is 0. The maximum absolute atomic E-state index is 12.2. The average molecular weight is 438 g/mol. The second-order valence-corrected chi connectivity index (χ2v) is 6.96. The van der Waals surface area contributed by atoms with E-state index in [4.69, 9.17) is 25.6 Å². The third-order valence-electron chi connectivity index (χ3n) is 4.07. The number of nitrogens with zero attached hydrogens (tertiary/aromatic N) is 2. The van der Waals surface area contributed by atoms with Gasteiger partial charge in [-0.15, -0.1) is 0 Å². The number of amides is 1. The molecular weight excluding hydrogens is 418 g/mol. The van der Waals surface area contributed by atoms with Crippen LogP contribution in [0.4, 0.5) is 5.82 Å². The first-order chi connectivity index (χ1) is 15.0. The molecule has 7 nitrogen and oxygen atoms in total. The molecule has 0 unspecified atom stereocenters. The van der Waals surface area contributed by atoms with E-state index >= 15 is 0 Å². The van der Waals surface area contributed by atoms with E-state index in [9.17, 15) is 10.1 Å². The van der Waals surface area contributed by atoms with Crippen LogP contribution in [0.15, 0.2) is 64.7 Å². The van der Waals surface area contributed by atoms with Crippen molar-refractivity contribution in [1.82, 2.24) is 5.16 Å². The molecule has 1 N–H and O–H groups in total. The second-order valence-electron chi connectivity index (χ2n) is 6.52. The lowest BCUT2D eigenvalue weighted by molar-refractivity contribution is -0.112. The molecule has 2 aromatic carbocycles. The lowest BCUT2D eigenvalue weighted by Crippen LogP contribution is -2.13. The molecule has 1 aromatic heterocycles. The van der Waals surface area contributed by atoms with E-state index in [0.717, 1.165) is 5.75 Å². The normalized spacial score (nSPS) is 10.9. The molecule has 3 rings (SSSR count). The predicted octanol–water partition coefficient (Wildman–Crippen LogP) is 5.03. The number of halogens is 1. The first kappa shape index (κ1) is 21.9. The molecule has 0 atom stereocenters. The number of hydrogen-bond acceptors (Lipinski definition) is 6. The Bertz CT molecular complexity index is 1080. The fourth-order valence-electron chi connectivity index (χ4n) is 2.55. The van der Waals surface area contributed by atoms with Crippen LogP contribution in [-0.4, -0.2) is 24.3 Å². The Hall–Kier alpha value is -3.76. The van der Waals surface area contributed by atoms with Gasteiger partial charge in [0.15, 0.2) is 5.82 Å². The number of nitrogens with one attached hydrogen (secondary N) is 1. The van der Waals surface area contributed by atoms with Gasteiger partial charge in [-0.3, -0.25) is 4.79 Å². The molecule has 158 valence electrons. The van der Waals surface area contributed by atoms with E-state index in [-0.39, 0.29) is 11.4 Å². The number of benzene rings is 2. The van der Waals surface area contributed by atoms with Gasteiger partial charge in [-0.1, -0.05) is 28.9 Å². The standard InChI is InChI=1S/C23H20ClN3O4/c1-16-13-22(27-31-16)26-23(28)18(15-25)14-17-3-7-20(8-4-17)29-11-2-12-30-21-9-5-19(24)6-10-21/h3-10,13-14H,2,11-12H2,1H3,(H,26,27,28)/b18-14-. The Kier molecular flexibility index (Phi) is 7.68. The van der Waals surface area contributed by atoms with Gasteiger partial charge in [0.25, 0.3) is 5.91 Å². The molecule has 0 radical (unpaired) electrons. The fourth-order valence-corrected chi connectivity index (χ4v) is 2.68. The molecule has 3 aromatic rings. The molecule has 1 heterocycles. The maximum Gasteiger partial charge on any atom is 0.267 e. The Morgan fingerprint density at radius 3 is 2.29 bits per heavy atom. The van der Waals surface area contributed by atoms with Gasteiger partial charge in [0.2, 0.25) is 0 Å². The lowest BCUT2D eigenvalue weighted by Gasteiger charge is -2.08. The van der Waals surface area contributed by atoms with Gasteiger partial charge in [0.1, 0.15) is 28.9 Å². The van der Waals surface area contributed by atoms with Crippen LogP contribution in [-0.2, 0) is 4.79 Å². The number of nitriles is 1. The summed E-state index contributed by atoms with van der Waals surface area (Å²) in [5.41, 5.74) is 0.648. The summed E-state index contributed by atoms with van der Waals surface area (Å²) in [6.45, 7) is 2.72. The highest BCUT2D eigenvalue weighted by atomic mass is 35.5. The summed E-state index contributed by atoms with van der Waals surface area (Å²) in [6.07, 6.45) is 2.20. The number of aryl methyl sites for hydroxylation is 1. The number of aromatic nitrogens is 1. The molecular formula is C23H20ClN3O4. The summed E-state index contributed by atoms with van der Waals surface area (Å²) in [4.78, 5) is 12.2. The number of hydrogen-bond donors (Lipinski definition) is 1. The van der Waals surface area contributed by atoms with Gasteiger partial charge in [-0.05, 0) is 55.0 Å². The number of ether oxygens (including phenoxy) is 2. The van der Waals surface area contributed by atoms with Gasteiger partial charge in [0.05, 0.1) is 13.2 Å². The summed E-state index contributed by atoms with van der Waals surface area (Å²) < 4.78 is 16.2. The van der Waals surface area contributed by atoms with Crippen LogP contribution in [0.25, 0.3) is 6.08 Å². The molecule has 0 aliphatic rings. The number of carbonyl (C=O) groups excluding carboxylic acids is 1. The smallest absolute Gasteiger partial charge is 0.267 e. The zero-order chi connectivity index (χ0) is 22.1. The molecule has 31 heavy (non-hydrogen) atoms. The van der Waals surface area contributed by atoms with Gasteiger partial charge in [0, 0.05) is 17.5 Å². The minimum atomic E-state index is -0.559. The zero-order valence-electron chi connectivity index (χ0n) is 16.8. The van der Waals surface area contributed by atoms with E-state index in [1.807, 2.05) is 18.2 Å². The lowest BCUT2D eigenvalue weighted by atomic mass is 10.1. The Morgan fingerprint density at radius 2 is 1.74 bits per heavy atom. The minimum Gasteiger partial charge on any atom is -0.493 e.